The molecule has 2 heterocycles. The van der Waals surface area contributed by atoms with E-state index in [1.807, 2.05) is 6.08 Å². The molecule has 0 spiro atoms. The summed E-state index contributed by atoms with van der Waals surface area (Å²) in [5, 5.41) is 3.02. The Hall–Kier alpha value is -3.16. The van der Waals surface area contributed by atoms with Crippen molar-refractivity contribution >= 4 is 23.0 Å². The first-order valence-corrected chi connectivity index (χ1v) is 8.24. The molecule has 1 aliphatic rings. The number of carbonyl (C=O) groups is 1. The van der Waals surface area contributed by atoms with Gasteiger partial charge in [-0.05, 0) is 42.3 Å². The number of nitrogens with zero attached hydrogens (tertiary/aromatic N) is 3. The third kappa shape index (κ3) is 4.33. The van der Waals surface area contributed by atoms with E-state index in [9.17, 15) is 18.0 Å². The lowest BCUT2D eigenvalue weighted by Crippen LogP contribution is -2.33. The predicted molar refractivity (Wildman–Crippen MR) is 96.1 cm³/mol. The highest BCUT2D eigenvalue weighted by Gasteiger charge is 2.30. The predicted octanol–water partition coefficient (Wildman–Crippen LogP) is 4.04. The molecule has 1 aromatic carbocycles. The fourth-order valence-corrected chi connectivity index (χ4v) is 2.76. The van der Waals surface area contributed by atoms with E-state index in [2.05, 4.69) is 21.9 Å². The van der Waals surface area contributed by atoms with Crippen LogP contribution in [0.25, 0.3) is 5.57 Å². The van der Waals surface area contributed by atoms with Crippen LogP contribution in [-0.2, 0) is 11.0 Å². The minimum absolute atomic E-state index is 0.132. The molecule has 140 valence electrons. The SMILES string of the molecule is C=CC(=O)N1CC=C(c2nccnc2Nc2ccc(C(F)(F)F)cc2)CC1. The maximum absolute atomic E-state index is 12.7. The number of alkyl halides is 3. The Kier molecular flexibility index (Phi) is 5.25. The van der Waals surface area contributed by atoms with Crippen molar-refractivity contribution in [2.24, 2.45) is 0 Å². The van der Waals surface area contributed by atoms with Crippen LogP contribution in [0.15, 0.2) is 55.4 Å². The lowest BCUT2D eigenvalue weighted by atomic mass is 10.0. The van der Waals surface area contributed by atoms with Crippen LogP contribution in [0.1, 0.15) is 17.7 Å². The molecule has 0 unspecified atom stereocenters. The molecule has 1 N–H and O–H groups in total. The first-order chi connectivity index (χ1) is 12.9. The maximum Gasteiger partial charge on any atom is 0.416 e. The average Bonchev–Trinajstić information content (AvgIpc) is 2.68. The number of aromatic nitrogens is 2. The molecule has 0 atom stereocenters. The first-order valence-electron chi connectivity index (χ1n) is 8.24. The summed E-state index contributed by atoms with van der Waals surface area (Å²) >= 11 is 0. The lowest BCUT2D eigenvalue weighted by Gasteiger charge is -2.25. The molecule has 27 heavy (non-hydrogen) atoms. The van der Waals surface area contributed by atoms with Crippen molar-refractivity contribution in [3.63, 3.8) is 0 Å². The molecular formula is C19H17F3N4O. The van der Waals surface area contributed by atoms with Crippen LogP contribution in [0.4, 0.5) is 24.7 Å². The van der Waals surface area contributed by atoms with E-state index in [-0.39, 0.29) is 5.91 Å². The van der Waals surface area contributed by atoms with Gasteiger partial charge in [-0.3, -0.25) is 9.78 Å². The topological polar surface area (TPSA) is 58.1 Å². The second-order valence-electron chi connectivity index (χ2n) is 5.92. The van der Waals surface area contributed by atoms with Crippen molar-refractivity contribution in [1.29, 1.82) is 0 Å². The molecule has 0 saturated carbocycles. The van der Waals surface area contributed by atoms with Crippen LogP contribution in [0.5, 0.6) is 0 Å². The van der Waals surface area contributed by atoms with E-state index in [1.54, 1.807) is 11.1 Å². The Bertz CT molecular complexity index is 875. The minimum Gasteiger partial charge on any atom is -0.338 e. The van der Waals surface area contributed by atoms with Crippen LogP contribution in [0, 0.1) is 0 Å². The monoisotopic (exact) mass is 374 g/mol. The molecule has 0 radical (unpaired) electrons. The Morgan fingerprint density at radius 3 is 2.48 bits per heavy atom. The standard InChI is InChI=1S/C19H17F3N4O/c1-2-16(27)26-11-7-13(8-12-26)17-18(24-10-9-23-17)25-15-5-3-14(4-6-15)19(20,21)22/h2-7,9-10H,1,8,11-12H2,(H,24,25). The molecule has 1 aromatic heterocycles. The number of carbonyl (C=O) groups excluding carboxylic acids is 1. The van der Waals surface area contributed by atoms with Gasteiger partial charge in [0, 0.05) is 31.2 Å². The highest BCUT2D eigenvalue weighted by Crippen LogP contribution is 2.31. The summed E-state index contributed by atoms with van der Waals surface area (Å²) in [5.41, 5.74) is 1.30. The first kappa shape index (κ1) is 18.6. The van der Waals surface area contributed by atoms with Crippen molar-refractivity contribution in [3.8, 4) is 0 Å². The molecule has 5 nitrogen and oxygen atoms in total. The quantitative estimate of drug-likeness (QED) is 0.821. The smallest absolute Gasteiger partial charge is 0.338 e. The summed E-state index contributed by atoms with van der Waals surface area (Å²) in [7, 11) is 0. The number of hydrogen-bond acceptors (Lipinski definition) is 4. The number of halogens is 3. The number of anilines is 2. The van der Waals surface area contributed by atoms with E-state index < -0.39 is 11.7 Å². The number of hydrogen-bond donors (Lipinski definition) is 1. The fraction of sp³-hybridized carbons (Fsp3) is 0.211. The van der Waals surface area contributed by atoms with Crippen molar-refractivity contribution < 1.29 is 18.0 Å². The average molecular weight is 374 g/mol. The largest absolute Gasteiger partial charge is 0.416 e. The van der Waals surface area contributed by atoms with Gasteiger partial charge < -0.3 is 10.2 Å². The fourth-order valence-electron chi connectivity index (χ4n) is 2.76. The third-order valence-corrected chi connectivity index (χ3v) is 4.17. The normalized spacial score (nSPS) is 14.5. The highest BCUT2D eigenvalue weighted by molar-refractivity contribution is 5.88. The molecule has 0 saturated heterocycles. The molecule has 3 rings (SSSR count). The highest BCUT2D eigenvalue weighted by atomic mass is 19.4. The summed E-state index contributed by atoms with van der Waals surface area (Å²) in [5.74, 6) is 0.319. The van der Waals surface area contributed by atoms with E-state index >= 15 is 0 Å². The van der Waals surface area contributed by atoms with Crippen LogP contribution in [0.2, 0.25) is 0 Å². The molecule has 0 aliphatic carbocycles. The molecular weight excluding hydrogens is 357 g/mol. The number of rotatable bonds is 4. The maximum atomic E-state index is 12.7. The van der Waals surface area contributed by atoms with E-state index in [0.717, 1.165) is 17.7 Å². The van der Waals surface area contributed by atoms with Crippen molar-refractivity contribution in [2.45, 2.75) is 12.6 Å². The zero-order chi connectivity index (χ0) is 19.4. The minimum atomic E-state index is -4.38. The molecule has 0 fully saturated rings. The van der Waals surface area contributed by atoms with Gasteiger partial charge in [-0.2, -0.15) is 13.2 Å². The van der Waals surface area contributed by atoms with E-state index in [1.165, 1.54) is 24.4 Å². The van der Waals surface area contributed by atoms with Crippen molar-refractivity contribution in [3.05, 3.63) is 66.6 Å². The van der Waals surface area contributed by atoms with Crippen LogP contribution >= 0.6 is 0 Å². The number of amides is 1. The van der Waals surface area contributed by atoms with Crippen molar-refractivity contribution in [1.82, 2.24) is 14.9 Å². The van der Waals surface area contributed by atoms with Gasteiger partial charge in [-0.25, -0.2) is 4.98 Å². The summed E-state index contributed by atoms with van der Waals surface area (Å²) < 4.78 is 38.0. The zero-order valence-electron chi connectivity index (χ0n) is 14.3. The van der Waals surface area contributed by atoms with Crippen LogP contribution in [-0.4, -0.2) is 33.9 Å². The second kappa shape index (κ2) is 7.61. The number of nitrogens with one attached hydrogen (secondary N) is 1. The Morgan fingerprint density at radius 2 is 1.89 bits per heavy atom. The van der Waals surface area contributed by atoms with Gasteiger partial charge in [0.15, 0.2) is 5.82 Å². The van der Waals surface area contributed by atoms with Gasteiger partial charge in [0.25, 0.3) is 0 Å². The van der Waals surface area contributed by atoms with Gasteiger partial charge in [-0.15, -0.1) is 0 Å². The second-order valence-corrected chi connectivity index (χ2v) is 5.92. The Morgan fingerprint density at radius 1 is 1.19 bits per heavy atom. The third-order valence-electron chi connectivity index (χ3n) is 4.17. The summed E-state index contributed by atoms with van der Waals surface area (Å²) in [6.45, 7) is 4.46. The van der Waals surface area contributed by atoms with Gasteiger partial charge in [-0.1, -0.05) is 12.7 Å². The Labute approximate surface area is 154 Å². The van der Waals surface area contributed by atoms with E-state index in [0.29, 0.717) is 36.7 Å². The van der Waals surface area contributed by atoms with Crippen LogP contribution in [0.3, 0.4) is 0 Å². The van der Waals surface area contributed by atoms with Gasteiger partial charge in [0.2, 0.25) is 5.91 Å². The summed E-state index contributed by atoms with van der Waals surface area (Å²) in [6, 6.07) is 4.72. The molecule has 0 bridgehead atoms. The zero-order valence-corrected chi connectivity index (χ0v) is 14.3. The molecule has 8 heteroatoms. The molecule has 1 amide bonds. The summed E-state index contributed by atoms with van der Waals surface area (Å²) in [4.78, 5) is 21.9. The number of benzene rings is 1. The van der Waals surface area contributed by atoms with Crippen LogP contribution < -0.4 is 5.32 Å². The van der Waals surface area contributed by atoms with Gasteiger partial charge in [0.1, 0.15) is 5.69 Å². The van der Waals surface area contributed by atoms with Crippen molar-refractivity contribution in [2.75, 3.05) is 18.4 Å². The van der Waals surface area contributed by atoms with E-state index in [4.69, 9.17) is 0 Å². The summed E-state index contributed by atoms with van der Waals surface area (Å²) in [6.07, 6.45) is 2.45. The van der Waals surface area contributed by atoms with Gasteiger partial charge in [0.05, 0.1) is 5.56 Å². The molecule has 2 aromatic rings. The molecule has 1 aliphatic heterocycles. The Balaban J connectivity index is 1.80. The van der Waals surface area contributed by atoms with Gasteiger partial charge >= 0.3 is 6.18 Å². The lowest BCUT2D eigenvalue weighted by molar-refractivity contribution is -0.137.